The Morgan fingerprint density at radius 2 is 1.96 bits per heavy atom. The standard InChI is InChI=1S/C18H26N2O3/c1-5-10-22-15-8-9-16(14(12-15)13-19)20-17(21)18(4,7-3)23-11-6-2/h8-9,12H,5-7,10-11H2,1-4H3,(H,20,21)/t18-/m0/s1. The molecule has 23 heavy (non-hydrogen) atoms. The van der Waals surface area contributed by atoms with E-state index in [9.17, 15) is 10.1 Å². The van der Waals surface area contributed by atoms with E-state index in [0.29, 0.717) is 36.6 Å². The molecular weight excluding hydrogens is 292 g/mol. The van der Waals surface area contributed by atoms with Crippen LogP contribution in [-0.4, -0.2) is 24.7 Å². The summed E-state index contributed by atoms with van der Waals surface area (Å²) >= 11 is 0. The highest BCUT2D eigenvalue weighted by Crippen LogP contribution is 2.24. The summed E-state index contributed by atoms with van der Waals surface area (Å²) in [6.45, 7) is 8.80. The van der Waals surface area contributed by atoms with Crippen molar-refractivity contribution < 1.29 is 14.3 Å². The second-order valence-corrected chi connectivity index (χ2v) is 5.55. The molecule has 1 N–H and O–H groups in total. The van der Waals surface area contributed by atoms with Gasteiger partial charge in [-0.05, 0) is 44.4 Å². The van der Waals surface area contributed by atoms with Crippen LogP contribution >= 0.6 is 0 Å². The monoisotopic (exact) mass is 318 g/mol. The average molecular weight is 318 g/mol. The molecule has 0 heterocycles. The maximum atomic E-state index is 12.5. The number of hydrogen-bond acceptors (Lipinski definition) is 4. The van der Waals surface area contributed by atoms with Crippen molar-refractivity contribution in [3.05, 3.63) is 23.8 Å². The fraction of sp³-hybridized carbons (Fsp3) is 0.556. The van der Waals surface area contributed by atoms with Crippen molar-refractivity contribution in [2.45, 2.75) is 52.6 Å². The first-order chi connectivity index (χ1) is 11.0. The van der Waals surface area contributed by atoms with Crippen LogP contribution in [-0.2, 0) is 9.53 Å². The predicted molar refractivity (Wildman–Crippen MR) is 90.5 cm³/mol. The van der Waals surface area contributed by atoms with Crippen molar-refractivity contribution in [2.24, 2.45) is 0 Å². The molecule has 1 aromatic carbocycles. The van der Waals surface area contributed by atoms with Crippen LogP contribution in [0.25, 0.3) is 0 Å². The van der Waals surface area contributed by atoms with Crippen molar-refractivity contribution >= 4 is 11.6 Å². The summed E-state index contributed by atoms with van der Waals surface area (Å²) in [4.78, 5) is 12.5. The number of nitrogens with one attached hydrogen (secondary N) is 1. The molecule has 0 saturated carbocycles. The topological polar surface area (TPSA) is 71.3 Å². The normalized spacial score (nSPS) is 13.0. The largest absolute Gasteiger partial charge is 0.494 e. The molecule has 0 aliphatic carbocycles. The Labute approximate surface area is 138 Å². The smallest absolute Gasteiger partial charge is 0.256 e. The first-order valence-electron chi connectivity index (χ1n) is 8.13. The fourth-order valence-electron chi connectivity index (χ4n) is 1.94. The quantitative estimate of drug-likeness (QED) is 0.750. The van der Waals surface area contributed by atoms with Gasteiger partial charge in [-0.2, -0.15) is 5.26 Å². The van der Waals surface area contributed by atoms with E-state index in [1.807, 2.05) is 20.8 Å². The molecule has 0 aliphatic heterocycles. The number of benzene rings is 1. The zero-order valence-corrected chi connectivity index (χ0v) is 14.4. The molecule has 0 unspecified atom stereocenters. The van der Waals surface area contributed by atoms with Gasteiger partial charge in [-0.15, -0.1) is 0 Å². The summed E-state index contributed by atoms with van der Waals surface area (Å²) < 4.78 is 11.2. The SMILES string of the molecule is CCCOc1ccc(NC(=O)[C@](C)(CC)OCCC)c(C#N)c1. The summed E-state index contributed by atoms with van der Waals surface area (Å²) in [7, 11) is 0. The maximum absolute atomic E-state index is 12.5. The lowest BCUT2D eigenvalue weighted by molar-refractivity contribution is -0.139. The number of ether oxygens (including phenoxy) is 2. The van der Waals surface area contributed by atoms with E-state index in [0.717, 1.165) is 12.8 Å². The molecule has 5 nitrogen and oxygen atoms in total. The Bertz CT molecular complexity index is 566. The van der Waals surface area contributed by atoms with Crippen LogP contribution in [0, 0.1) is 11.3 Å². The van der Waals surface area contributed by atoms with Crippen LogP contribution in [0.3, 0.4) is 0 Å². The third-order valence-electron chi connectivity index (χ3n) is 3.61. The van der Waals surface area contributed by atoms with Gasteiger partial charge in [-0.25, -0.2) is 0 Å². The maximum Gasteiger partial charge on any atom is 0.256 e. The van der Waals surface area contributed by atoms with Gasteiger partial charge in [-0.1, -0.05) is 20.8 Å². The molecule has 0 bridgehead atoms. The van der Waals surface area contributed by atoms with Gasteiger partial charge in [-0.3, -0.25) is 4.79 Å². The number of anilines is 1. The Hall–Kier alpha value is -2.06. The lowest BCUT2D eigenvalue weighted by atomic mass is 10.0. The second kappa shape index (κ2) is 9.16. The van der Waals surface area contributed by atoms with E-state index in [4.69, 9.17) is 9.47 Å². The average Bonchev–Trinajstić information content (AvgIpc) is 2.58. The van der Waals surface area contributed by atoms with Gasteiger partial charge in [0, 0.05) is 6.61 Å². The summed E-state index contributed by atoms with van der Waals surface area (Å²) in [5.41, 5.74) is -0.0536. The lowest BCUT2D eigenvalue weighted by Gasteiger charge is -2.27. The molecule has 0 spiro atoms. The van der Waals surface area contributed by atoms with Gasteiger partial charge in [0.05, 0.1) is 17.9 Å². The summed E-state index contributed by atoms with van der Waals surface area (Å²) in [6, 6.07) is 7.18. The van der Waals surface area contributed by atoms with Crippen molar-refractivity contribution in [3.63, 3.8) is 0 Å². The van der Waals surface area contributed by atoms with E-state index in [1.165, 1.54) is 0 Å². The minimum absolute atomic E-state index is 0.243. The number of hydrogen-bond donors (Lipinski definition) is 1. The van der Waals surface area contributed by atoms with Crippen LogP contribution in [0.4, 0.5) is 5.69 Å². The van der Waals surface area contributed by atoms with Crippen LogP contribution < -0.4 is 10.1 Å². The third-order valence-corrected chi connectivity index (χ3v) is 3.61. The Morgan fingerprint density at radius 1 is 1.26 bits per heavy atom. The van der Waals surface area contributed by atoms with Gasteiger partial charge in [0.25, 0.3) is 5.91 Å². The number of carbonyl (C=O) groups is 1. The number of nitriles is 1. The summed E-state index contributed by atoms with van der Waals surface area (Å²) in [6.07, 6.45) is 2.29. The molecule has 0 aliphatic rings. The fourth-order valence-corrected chi connectivity index (χ4v) is 1.94. The Kier molecular flexibility index (Phi) is 7.56. The second-order valence-electron chi connectivity index (χ2n) is 5.55. The molecule has 1 rings (SSSR count). The minimum Gasteiger partial charge on any atom is -0.494 e. The molecule has 1 amide bonds. The zero-order chi connectivity index (χ0) is 17.3. The number of nitrogens with zero attached hydrogens (tertiary/aromatic N) is 1. The molecule has 126 valence electrons. The van der Waals surface area contributed by atoms with E-state index in [-0.39, 0.29) is 5.91 Å². The van der Waals surface area contributed by atoms with Gasteiger partial charge in [0.15, 0.2) is 0 Å². The van der Waals surface area contributed by atoms with Crippen LogP contribution in [0.2, 0.25) is 0 Å². The molecule has 1 aromatic rings. The highest BCUT2D eigenvalue weighted by molar-refractivity contribution is 5.98. The minimum atomic E-state index is -0.903. The molecule has 5 heteroatoms. The van der Waals surface area contributed by atoms with Crippen molar-refractivity contribution in [1.29, 1.82) is 5.26 Å². The molecule has 0 fully saturated rings. The van der Waals surface area contributed by atoms with Crippen molar-refractivity contribution in [1.82, 2.24) is 0 Å². The van der Waals surface area contributed by atoms with E-state index in [2.05, 4.69) is 11.4 Å². The third kappa shape index (κ3) is 5.26. The predicted octanol–water partition coefficient (Wildman–Crippen LogP) is 3.88. The van der Waals surface area contributed by atoms with E-state index in [1.54, 1.807) is 25.1 Å². The molecular formula is C18H26N2O3. The number of carbonyl (C=O) groups excluding carboxylic acids is 1. The van der Waals surface area contributed by atoms with Crippen molar-refractivity contribution in [2.75, 3.05) is 18.5 Å². The number of rotatable bonds is 9. The first-order valence-corrected chi connectivity index (χ1v) is 8.13. The Balaban J connectivity index is 2.90. The summed E-state index contributed by atoms with van der Waals surface area (Å²) in [5, 5.41) is 12.1. The molecule has 0 aromatic heterocycles. The highest BCUT2D eigenvalue weighted by Gasteiger charge is 2.32. The van der Waals surface area contributed by atoms with Gasteiger partial charge >= 0.3 is 0 Å². The first kappa shape index (κ1) is 19.0. The lowest BCUT2D eigenvalue weighted by Crippen LogP contribution is -2.42. The van der Waals surface area contributed by atoms with Crippen LogP contribution in [0.15, 0.2) is 18.2 Å². The zero-order valence-electron chi connectivity index (χ0n) is 14.4. The van der Waals surface area contributed by atoms with E-state index < -0.39 is 5.60 Å². The van der Waals surface area contributed by atoms with Gasteiger partial charge in [0.2, 0.25) is 0 Å². The van der Waals surface area contributed by atoms with Crippen LogP contribution in [0.1, 0.15) is 52.5 Å². The molecule has 1 atom stereocenters. The molecule has 0 radical (unpaired) electrons. The Morgan fingerprint density at radius 3 is 2.52 bits per heavy atom. The number of amides is 1. The van der Waals surface area contributed by atoms with Gasteiger partial charge in [0.1, 0.15) is 17.4 Å². The van der Waals surface area contributed by atoms with Crippen molar-refractivity contribution in [3.8, 4) is 11.8 Å². The summed E-state index contributed by atoms with van der Waals surface area (Å²) in [5.74, 6) is 0.383. The highest BCUT2D eigenvalue weighted by atomic mass is 16.5. The van der Waals surface area contributed by atoms with E-state index >= 15 is 0 Å². The van der Waals surface area contributed by atoms with Gasteiger partial charge < -0.3 is 14.8 Å². The molecule has 0 saturated heterocycles. The van der Waals surface area contributed by atoms with Crippen LogP contribution in [0.5, 0.6) is 5.75 Å².